The topological polar surface area (TPSA) is 40.6 Å². The van der Waals surface area contributed by atoms with Crippen LogP contribution in [0.4, 0.5) is 0 Å². The van der Waals surface area contributed by atoms with Crippen molar-refractivity contribution in [2.24, 2.45) is 0 Å². The molecule has 0 saturated carbocycles. The molecule has 2 saturated heterocycles. The minimum atomic E-state index is -0.295. The molecule has 2 heterocycles. The van der Waals surface area contributed by atoms with Crippen LogP contribution in [0.2, 0.25) is 10.0 Å². The third-order valence-corrected chi connectivity index (χ3v) is 7.72. The van der Waals surface area contributed by atoms with E-state index in [-0.39, 0.29) is 23.7 Å². The van der Waals surface area contributed by atoms with Gasteiger partial charge < -0.3 is 9.80 Å². The molecule has 2 aliphatic heterocycles. The van der Waals surface area contributed by atoms with Crippen molar-refractivity contribution in [3.63, 3.8) is 0 Å². The predicted molar refractivity (Wildman–Crippen MR) is 111 cm³/mol. The van der Waals surface area contributed by atoms with Gasteiger partial charge in [-0.05, 0) is 50.0 Å². The van der Waals surface area contributed by atoms with Crippen molar-refractivity contribution in [3.8, 4) is 0 Å². The summed E-state index contributed by atoms with van der Waals surface area (Å²) in [6.45, 7) is 4.01. The molecule has 7 heteroatoms. The lowest BCUT2D eigenvalue weighted by Crippen LogP contribution is -2.52. The zero-order valence-corrected chi connectivity index (χ0v) is 17.6. The maximum atomic E-state index is 13.5. The van der Waals surface area contributed by atoms with E-state index in [9.17, 15) is 9.59 Å². The van der Waals surface area contributed by atoms with E-state index in [0.717, 1.165) is 43.2 Å². The molecule has 2 atom stereocenters. The van der Waals surface area contributed by atoms with Crippen molar-refractivity contribution in [1.29, 1.82) is 0 Å². The van der Waals surface area contributed by atoms with Crippen LogP contribution in [0.1, 0.15) is 47.5 Å². The highest BCUT2D eigenvalue weighted by atomic mass is 35.5. The summed E-state index contributed by atoms with van der Waals surface area (Å²) in [6.07, 6.45) is 3.46. The summed E-state index contributed by atoms with van der Waals surface area (Å²) < 4.78 is 0. The fourth-order valence-electron chi connectivity index (χ4n) is 4.47. The number of hydrogen-bond acceptors (Lipinski definition) is 4. The van der Waals surface area contributed by atoms with E-state index in [1.165, 1.54) is 12.8 Å². The zero-order valence-electron chi connectivity index (χ0n) is 15.3. The molecule has 1 aromatic carbocycles. The van der Waals surface area contributed by atoms with Gasteiger partial charge in [0.2, 0.25) is 5.91 Å². The van der Waals surface area contributed by atoms with Crippen LogP contribution in [0.5, 0.6) is 0 Å². The molecule has 1 amide bonds. The van der Waals surface area contributed by atoms with Gasteiger partial charge >= 0.3 is 0 Å². The summed E-state index contributed by atoms with van der Waals surface area (Å²) in [5.74, 6) is 1.86. The third kappa shape index (κ3) is 4.02. The van der Waals surface area contributed by atoms with Crippen molar-refractivity contribution in [1.82, 2.24) is 9.80 Å². The van der Waals surface area contributed by atoms with Crippen LogP contribution in [0.3, 0.4) is 0 Å². The van der Waals surface area contributed by atoms with E-state index in [1.54, 1.807) is 12.1 Å². The lowest BCUT2D eigenvalue weighted by Gasteiger charge is -2.40. The Morgan fingerprint density at radius 2 is 1.89 bits per heavy atom. The number of halogens is 2. The molecule has 0 aromatic heterocycles. The Morgan fingerprint density at radius 1 is 1.15 bits per heavy atom. The Kier molecular flexibility index (Phi) is 6.03. The van der Waals surface area contributed by atoms with Crippen molar-refractivity contribution in [2.45, 2.75) is 37.6 Å². The zero-order chi connectivity index (χ0) is 19.0. The SMILES string of the molecule is O=C1CC[C@@H](C(=O)N2CCSC[C@@H]2CN2CCCC2)c2cc(Cl)c(Cl)cc21. The lowest BCUT2D eigenvalue weighted by molar-refractivity contribution is -0.135. The quantitative estimate of drug-likeness (QED) is 0.729. The van der Waals surface area contributed by atoms with Crippen LogP contribution < -0.4 is 0 Å². The van der Waals surface area contributed by atoms with Crippen LogP contribution in [-0.2, 0) is 4.79 Å². The molecule has 0 spiro atoms. The molecule has 4 rings (SSSR count). The summed E-state index contributed by atoms with van der Waals surface area (Å²) >= 11 is 14.3. The first-order valence-electron chi connectivity index (χ1n) is 9.67. The van der Waals surface area contributed by atoms with E-state index in [4.69, 9.17) is 23.2 Å². The number of nitrogens with zero attached hydrogens (tertiary/aromatic N) is 2. The summed E-state index contributed by atoms with van der Waals surface area (Å²) in [5.41, 5.74) is 1.32. The van der Waals surface area contributed by atoms with Gasteiger partial charge in [0.15, 0.2) is 5.78 Å². The smallest absolute Gasteiger partial charge is 0.230 e. The van der Waals surface area contributed by atoms with E-state index in [2.05, 4.69) is 9.80 Å². The van der Waals surface area contributed by atoms with Crippen LogP contribution >= 0.6 is 35.0 Å². The molecule has 2 fully saturated rings. The molecule has 0 bridgehead atoms. The van der Waals surface area contributed by atoms with Crippen molar-refractivity contribution >= 4 is 46.7 Å². The summed E-state index contributed by atoms with van der Waals surface area (Å²) in [5, 5.41) is 0.781. The van der Waals surface area contributed by atoms with Gasteiger partial charge in [0.25, 0.3) is 0 Å². The van der Waals surface area contributed by atoms with Gasteiger partial charge in [-0.2, -0.15) is 11.8 Å². The Labute approximate surface area is 174 Å². The molecule has 1 aliphatic carbocycles. The largest absolute Gasteiger partial charge is 0.336 e. The van der Waals surface area contributed by atoms with Crippen LogP contribution in [0, 0.1) is 0 Å². The van der Waals surface area contributed by atoms with E-state index < -0.39 is 0 Å². The van der Waals surface area contributed by atoms with Gasteiger partial charge in [-0.15, -0.1) is 0 Å². The third-order valence-electron chi connectivity index (χ3n) is 5.90. The molecule has 0 radical (unpaired) electrons. The number of hydrogen-bond donors (Lipinski definition) is 0. The second kappa shape index (κ2) is 8.32. The number of thioether (sulfide) groups is 1. The number of Topliss-reactive ketones (excluding diaryl/α,β-unsaturated/α-hetero) is 1. The first-order chi connectivity index (χ1) is 13.0. The maximum absolute atomic E-state index is 13.5. The summed E-state index contributed by atoms with van der Waals surface area (Å²) in [7, 11) is 0. The molecular weight excluding hydrogens is 403 g/mol. The Hall–Kier alpha value is -0.750. The van der Waals surface area contributed by atoms with Crippen molar-refractivity contribution < 1.29 is 9.59 Å². The molecule has 27 heavy (non-hydrogen) atoms. The van der Waals surface area contributed by atoms with E-state index >= 15 is 0 Å². The highest BCUT2D eigenvalue weighted by Gasteiger charge is 2.37. The average molecular weight is 427 g/mol. The highest BCUT2D eigenvalue weighted by molar-refractivity contribution is 7.99. The monoisotopic (exact) mass is 426 g/mol. The second-order valence-corrected chi connectivity index (χ2v) is 9.60. The van der Waals surface area contributed by atoms with Crippen molar-refractivity contribution in [2.75, 3.05) is 37.7 Å². The fraction of sp³-hybridized carbons (Fsp3) is 0.600. The van der Waals surface area contributed by atoms with Crippen molar-refractivity contribution in [3.05, 3.63) is 33.3 Å². The van der Waals surface area contributed by atoms with E-state index in [1.807, 2.05) is 11.8 Å². The molecule has 4 nitrogen and oxygen atoms in total. The number of amides is 1. The van der Waals surface area contributed by atoms with Gasteiger partial charge in [-0.1, -0.05) is 23.2 Å². The van der Waals surface area contributed by atoms with Gasteiger partial charge in [0.05, 0.1) is 22.0 Å². The number of ketones is 1. The molecule has 146 valence electrons. The van der Waals surface area contributed by atoms with Crippen LogP contribution in [0.15, 0.2) is 12.1 Å². The predicted octanol–water partition coefficient (Wildman–Crippen LogP) is 4.09. The first kappa shape index (κ1) is 19.6. The molecule has 3 aliphatic rings. The number of fused-ring (bicyclic) bond motifs is 1. The van der Waals surface area contributed by atoms with Gasteiger partial charge in [-0.25, -0.2) is 0 Å². The van der Waals surface area contributed by atoms with Gasteiger partial charge in [-0.3, -0.25) is 9.59 Å². The van der Waals surface area contributed by atoms with Crippen LogP contribution in [-0.4, -0.2) is 65.2 Å². The minimum absolute atomic E-state index is 0.0513. The molecule has 0 N–H and O–H groups in total. The molecular formula is C20H24Cl2N2O2S. The number of carbonyl (C=O) groups is 2. The Morgan fingerprint density at radius 3 is 2.67 bits per heavy atom. The number of likely N-dealkylation sites (tertiary alicyclic amines) is 1. The van der Waals surface area contributed by atoms with E-state index in [0.29, 0.717) is 28.5 Å². The van der Waals surface area contributed by atoms with Crippen LogP contribution in [0.25, 0.3) is 0 Å². The fourth-order valence-corrected chi connectivity index (χ4v) is 5.86. The average Bonchev–Trinajstić information content (AvgIpc) is 3.17. The van der Waals surface area contributed by atoms with Gasteiger partial charge in [0.1, 0.15) is 0 Å². The Bertz CT molecular complexity index is 752. The number of carbonyl (C=O) groups excluding carboxylic acids is 2. The number of benzene rings is 1. The first-order valence-corrected chi connectivity index (χ1v) is 11.6. The highest BCUT2D eigenvalue weighted by Crippen LogP contribution is 2.38. The maximum Gasteiger partial charge on any atom is 0.230 e. The standard InChI is InChI=1S/C20H24Cl2N2O2S/c21-17-9-15-14(3-4-19(25)16(15)10-18(17)22)20(26)24-7-8-27-12-13(24)11-23-5-1-2-6-23/h9-10,13-14H,1-8,11-12H2/t13-,14+/m0/s1. The summed E-state index contributed by atoms with van der Waals surface area (Å²) in [4.78, 5) is 30.4. The molecule has 1 aromatic rings. The second-order valence-electron chi connectivity index (χ2n) is 7.64. The number of rotatable bonds is 3. The molecule has 0 unspecified atom stereocenters. The normalized spacial score (nSPS) is 26.3. The summed E-state index contributed by atoms with van der Waals surface area (Å²) in [6, 6.07) is 3.61. The Balaban J connectivity index is 1.58. The van der Waals surface area contributed by atoms with Gasteiger partial charge in [0, 0.05) is 36.6 Å². The lowest BCUT2D eigenvalue weighted by atomic mass is 9.81. The minimum Gasteiger partial charge on any atom is -0.336 e.